The smallest absolute Gasteiger partial charge is 0.338 e. The second kappa shape index (κ2) is 4.28. The minimum atomic E-state index is -0.356. The van der Waals surface area contributed by atoms with E-state index in [4.69, 9.17) is 16.3 Å². The SMILES string of the molecule is CC(C)OC(=O)c1cc[c]c(Cl)c1. The third kappa shape index (κ3) is 3.07. The molecule has 13 heavy (non-hydrogen) atoms. The summed E-state index contributed by atoms with van der Waals surface area (Å²) in [6.07, 6.45) is -0.115. The van der Waals surface area contributed by atoms with Gasteiger partial charge in [-0.1, -0.05) is 17.7 Å². The average molecular weight is 198 g/mol. The lowest BCUT2D eigenvalue weighted by Gasteiger charge is -2.07. The third-order valence-electron chi connectivity index (χ3n) is 1.34. The quantitative estimate of drug-likeness (QED) is 0.682. The Balaban J connectivity index is 2.77. The molecule has 1 rings (SSSR count). The van der Waals surface area contributed by atoms with Crippen LogP contribution in [0.1, 0.15) is 24.2 Å². The lowest BCUT2D eigenvalue weighted by Crippen LogP contribution is -2.11. The molecule has 0 spiro atoms. The van der Waals surface area contributed by atoms with E-state index in [9.17, 15) is 4.79 Å². The van der Waals surface area contributed by atoms with Crippen LogP contribution in [0, 0.1) is 6.07 Å². The van der Waals surface area contributed by atoms with Crippen molar-refractivity contribution in [3.05, 3.63) is 34.9 Å². The molecular weight excluding hydrogens is 188 g/mol. The number of carbonyl (C=O) groups excluding carboxylic acids is 1. The first-order valence-electron chi connectivity index (χ1n) is 3.98. The van der Waals surface area contributed by atoms with E-state index in [1.54, 1.807) is 26.0 Å². The summed E-state index contributed by atoms with van der Waals surface area (Å²) >= 11 is 5.66. The molecule has 0 saturated carbocycles. The van der Waals surface area contributed by atoms with Crippen molar-refractivity contribution in [2.75, 3.05) is 0 Å². The molecule has 0 aliphatic carbocycles. The summed E-state index contributed by atoms with van der Waals surface area (Å²) in [6, 6.07) is 7.49. The topological polar surface area (TPSA) is 26.3 Å². The Hall–Kier alpha value is -1.02. The molecule has 0 aromatic heterocycles. The molecule has 0 unspecified atom stereocenters. The van der Waals surface area contributed by atoms with Crippen LogP contribution in [0.25, 0.3) is 0 Å². The van der Waals surface area contributed by atoms with Gasteiger partial charge in [-0.15, -0.1) is 0 Å². The fraction of sp³-hybridized carbons (Fsp3) is 0.300. The number of carbonyl (C=O) groups is 1. The standard InChI is InChI=1S/C10H10ClO2/c1-7(2)13-10(12)8-4-3-5-9(11)6-8/h3-4,6-7H,1-2H3. The van der Waals surface area contributed by atoms with Crippen LogP contribution in [0.15, 0.2) is 18.2 Å². The summed E-state index contributed by atoms with van der Waals surface area (Å²) in [6.45, 7) is 3.60. The van der Waals surface area contributed by atoms with Crippen LogP contribution in [0.2, 0.25) is 5.02 Å². The maximum Gasteiger partial charge on any atom is 0.338 e. The van der Waals surface area contributed by atoms with Gasteiger partial charge in [0.15, 0.2) is 0 Å². The van der Waals surface area contributed by atoms with Crippen LogP contribution >= 0.6 is 11.6 Å². The second-order valence-electron chi connectivity index (χ2n) is 2.88. The Morgan fingerprint density at radius 1 is 1.62 bits per heavy atom. The molecule has 0 atom stereocenters. The largest absolute Gasteiger partial charge is 0.459 e. The number of hydrogen-bond acceptors (Lipinski definition) is 2. The fourth-order valence-electron chi connectivity index (χ4n) is 0.846. The highest BCUT2D eigenvalue weighted by molar-refractivity contribution is 6.30. The van der Waals surface area contributed by atoms with Crippen molar-refractivity contribution in [3.8, 4) is 0 Å². The predicted molar refractivity (Wildman–Crippen MR) is 50.8 cm³/mol. The number of rotatable bonds is 2. The number of hydrogen-bond donors (Lipinski definition) is 0. The second-order valence-corrected chi connectivity index (χ2v) is 3.29. The Kier molecular flexibility index (Phi) is 3.32. The van der Waals surface area contributed by atoms with Crippen molar-refractivity contribution in [1.82, 2.24) is 0 Å². The number of benzene rings is 1. The van der Waals surface area contributed by atoms with Gasteiger partial charge in [0, 0.05) is 11.1 Å². The van der Waals surface area contributed by atoms with E-state index in [-0.39, 0.29) is 12.1 Å². The maximum atomic E-state index is 11.3. The van der Waals surface area contributed by atoms with Gasteiger partial charge in [0.2, 0.25) is 0 Å². The van der Waals surface area contributed by atoms with E-state index >= 15 is 0 Å². The van der Waals surface area contributed by atoms with Crippen LogP contribution in [0.5, 0.6) is 0 Å². The monoisotopic (exact) mass is 197 g/mol. The van der Waals surface area contributed by atoms with Crippen molar-refractivity contribution in [2.45, 2.75) is 20.0 Å². The molecule has 2 nitrogen and oxygen atoms in total. The van der Waals surface area contributed by atoms with Gasteiger partial charge >= 0.3 is 5.97 Å². The summed E-state index contributed by atoms with van der Waals surface area (Å²) in [5.74, 6) is -0.356. The van der Waals surface area contributed by atoms with Crippen LogP contribution in [0.3, 0.4) is 0 Å². The Morgan fingerprint density at radius 2 is 2.31 bits per heavy atom. The number of esters is 1. The molecule has 1 radical (unpaired) electrons. The van der Waals surface area contributed by atoms with Crippen molar-refractivity contribution < 1.29 is 9.53 Å². The molecule has 1 aromatic rings. The number of ether oxygens (including phenoxy) is 1. The van der Waals surface area contributed by atoms with Crippen molar-refractivity contribution >= 4 is 17.6 Å². The molecule has 0 fully saturated rings. The van der Waals surface area contributed by atoms with E-state index in [0.717, 1.165) is 0 Å². The molecule has 0 aliphatic rings. The zero-order valence-corrected chi connectivity index (χ0v) is 8.26. The van der Waals surface area contributed by atoms with E-state index < -0.39 is 0 Å². The van der Waals surface area contributed by atoms with Crippen molar-refractivity contribution in [3.63, 3.8) is 0 Å². The first-order valence-corrected chi connectivity index (χ1v) is 4.35. The van der Waals surface area contributed by atoms with Crippen molar-refractivity contribution in [1.29, 1.82) is 0 Å². The van der Waals surface area contributed by atoms with Crippen molar-refractivity contribution in [2.24, 2.45) is 0 Å². The Morgan fingerprint density at radius 3 is 2.85 bits per heavy atom. The summed E-state index contributed by atoms with van der Waals surface area (Å²) < 4.78 is 4.98. The zero-order valence-electron chi connectivity index (χ0n) is 7.50. The number of halogens is 1. The third-order valence-corrected chi connectivity index (χ3v) is 1.56. The fourth-order valence-corrected chi connectivity index (χ4v) is 1.03. The highest BCUT2D eigenvalue weighted by atomic mass is 35.5. The van der Waals surface area contributed by atoms with Crippen LogP contribution in [0.4, 0.5) is 0 Å². The lowest BCUT2D eigenvalue weighted by atomic mass is 10.2. The van der Waals surface area contributed by atoms with Gasteiger partial charge in [0.1, 0.15) is 0 Å². The van der Waals surface area contributed by atoms with Gasteiger partial charge in [-0.25, -0.2) is 4.79 Å². The molecule has 0 saturated heterocycles. The van der Waals surface area contributed by atoms with Crippen LogP contribution in [-0.4, -0.2) is 12.1 Å². The van der Waals surface area contributed by atoms with E-state index in [2.05, 4.69) is 6.07 Å². The molecule has 0 N–H and O–H groups in total. The minimum Gasteiger partial charge on any atom is -0.459 e. The average Bonchev–Trinajstić information content (AvgIpc) is 2.03. The molecule has 0 heterocycles. The highest BCUT2D eigenvalue weighted by Gasteiger charge is 2.08. The molecule has 0 bridgehead atoms. The van der Waals surface area contributed by atoms with Gasteiger partial charge in [-0.05, 0) is 26.0 Å². The molecule has 69 valence electrons. The summed E-state index contributed by atoms with van der Waals surface area (Å²) in [7, 11) is 0. The van der Waals surface area contributed by atoms with Crippen LogP contribution in [-0.2, 0) is 4.74 Å². The molecule has 0 aliphatic heterocycles. The van der Waals surface area contributed by atoms with Gasteiger partial charge in [0.25, 0.3) is 0 Å². The van der Waals surface area contributed by atoms with Crippen LogP contribution < -0.4 is 0 Å². The Labute approximate surface area is 82.5 Å². The highest BCUT2D eigenvalue weighted by Crippen LogP contribution is 2.11. The summed E-state index contributed by atoms with van der Waals surface area (Å²) in [4.78, 5) is 11.3. The minimum absolute atomic E-state index is 0.115. The summed E-state index contributed by atoms with van der Waals surface area (Å²) in [5, 5.41) is 0.415. The molecule has 3 heteroatoms. The molecule has 1 aromatic carbocycles. The van der Waals surface area contributed by atoms with E-state index in [0.29, 0.717) is 10.6 Å². The van der Waals surface area contributed by atoms with Gasteiger partial charge in [-0.3, -0.25) is 0 Å². The Bertz CT molecular complexity index is 308. The summed E-state index contributed by atoms with van der Waals surface area (Å²) in [5.41, 5.74) is 0.456. The molecule has 0 amide bonds. The zero-order chi connectivity index (χ0) is 9.84. The predicted octanol–water partition coefficient (Wildman–Crippen LogP) is 2.71. The molecular formula is C10H10ClO2. The van der Waals surface area contributed by atoms with Gasteiger partial charge < -0.3 is 4.74 Å². The van der Waals surface area contributed by atoms with Gasteiger partial charge in [0.05, 0.1) is 11.7 Å². The maximum absolute atomic E-state index is 11.3. The van der Waals surface area contributed by atoms with Gasteiger partial charge in [-0.2, -0.15) is 0 Å². The normalized spacial score (nSPS) is 10.2. The lowest BCUT2D eigenvalue weighted by molar-refractivity contribution is 0.0378. The first kappa shape index (κ1) is 10.1. The van der Waals surface area contributed by atoms with E-state index in [1.807, 2.05) is 0 Å². The van der Waals surface area contributed by atoms with E-state index in [1.165, 1.54) is 6.07 Å². The first-order chi connectivity index (χ1) is 6.09.